The topological polar surface area (TPSA) is 71.2 Å². The number of hydrogen-bond donors (Lipinski definition) is 2. The van der Waals surface area contributed by atoms with Crippen molar-refractivity contribution in [3.8, 4) is 0 Å². The molecular formula is C21H22N4O. The van der Waals surface area contributed by atoms with E-state index in [9.17, 15) is 4.79 Å². The van der Waals surface area contributed by atoms with Gasteiger partial charge in [-0.2, -0.15) is 0 Å². The van der Waals surface area contributed by atoms with Crippen molar-refractivity contribution in [1.82, 2.24) is 4.98 Å². The second-order valence-electron chi connectivity index (χ2n) is 6.61. The first-order chi connectivity index (χ1) is 12.7. The minimum Gasteiger partial charge on any atom is -0.369 e. The first kappa shape index (κ1) is 16.4. The van der Waals surface area contributed by atoms with Crippen molar-refractivity contribution in [2.75, 3.05) is 23.3 Å². The van der Waals surface area contributed by atoms with Gasteiger partial charge in [-0.05, 0) is 43.5 Å². The van der Waals surface area contributed by atoms with Gasteiger partial charge in [-0.1, -0.05) is 24.3 Å². The van der Waals surface area contributed by atoms with Crippen LogP contribution in [0.25, 0.3) is 10.9 Å². The van der Waals surface area contributed by atoms with Crippen molar-refractivity contribution in [3.63, 3.8) is 0 Å². The van der Waals surface area contributed by atoms with E-state index < -0.39 is 5.91 Å². The summed E-state index contributed by atoms with van der Waals surface area (Å²) in [7, 11) is 0. The molecule has 1 aromatic heterocycles. The molecule has 1 saturated heterocycles. The smallest absolute Gasteiger partial charge is 0.250 e. The Labute approximate surface area is 152 Å². The third-order valence-electron chi connectivity index (χ3n) is 4.89. The Hall–Kier alpha value is -3.08. The molecule has 1 aliphatic rings. The molecule has 1 aliphatic heterocycles. The average molecular weight is 346 g/mol. The Morgan fingerprint density at radius 1 is 0.962 bits per heavy atom. The highest BCUT2D eigenvalue weighted by molar-refractivity contribution is 6.03. The number of carbonyl (C=O) groups excluding carboxylic acids is 1. The molecule has 1 fully saturated rings. The Morgan fingerprint density at radius 2 is 1.77 bits per heavy atom. The second-order valence-corrected chi connectivity index (χ2v) is 6.61. The number of nitrogens with zero attached hydrogens (tertiary/aromatic N) is 2. The number of nitrogens with two attached hydrogens (primary N) is 1. The number of pyridine rings is 1. The summed E-state index contributed by atoms with van der Waals surface area (Å²) in [5.74, 6) is -0.395. The number of carbonyl (C=O) groups is 1. The molecule has 0 radical (unpaired) electrons. The number of para-hydroxylation sites is 2. The number of fused-ring (bicyclic) bond motifs is 1. The average Bonchev–Trinajstić information content (AvgIpc) is 2.69. The normalized spacial score (nSPS) is 14.4. The first-order valence-corrected chi connectivity index (χ1v) is 9.02. The van der Waals surface area contributed by atoms with Gasteiger partial charge in [0.15, 0.2) is 0 Å². The van der Waals surface area contributed by atoms with Crippen molar-refractivity contribution >= 4 is 33.9 Å². The maximum Gasteiger partial charge on any atom is 0.250 e. The fourth-order valence-electron chi connectivity index (χ4n) is 3.65. The molecular weight excluding hydrogens is 324 g/mol. The Morgan fingerprint density at radius 3 is 2.58 bits per heavy atom. The molecule has 1 amide bonds. The van der Waals surface area contributed by atoms with E-state index in [0.29, 0.717) is 5.56 Å². The molecule has 2 aromatic carbocycles. The lowest BCUT2D eigenvalue weighted by molar-refractivity contribution is 0.100. The summed E-state index contributed by atoms with van der Waals surface area (Å²) < 4.78 is 0. The first-order valence-electron chi connectivity index (χ1n) is 9.02. The quantitative estimate of drug-likeness (QED) is 0.747. The van der Waals surface area contributed by atoms with E-state index in [-0.39, 0.29) is 0 Å². The zero-order chi connectivity index (χ0) is 17.9. The summed E-state index contributed by atoms with van der Waals surface area (Å²) in [5, 5.41) is 4.56. The van der Waals surface area contributed by atoms with Crippen LogP contribution >= 0.6 is 0 Å². The highest BCUT2D eigenvalue weighted by Gasteiger charge is 2.21. The van der Waals surface area contributed by atoms with Crippen molar-refractivity contribution in [2.24, 2.45) is 5.73 Å². The lowest BCUT2D eigenvalue weighted by Gasteiger charge is -2.32. The van der Waals surface area contributed by atoms with E-state index in [0.717, 1.165) is 53.9 Å². The Kier molecular flexibility index (Phi) is 4.44. The number of primary amides is 1. The van der Waals surface area contributed by atoms with Crippen LogP contribution in [-0.4, -0.2) is 24.0 Å². The van der Waals surface area contributed by atoms with E-state index in [1.54, 1.807) is 6.20 Å². The maximum absolute atomic E-state index is 12.0. The number of hydrogen-bond acceptors (Lipinski definition) is 4. The van der Waals surface area contributed by atoms with Crippen LogP contribution < -0.4 is 16.0 Å². The highest BCUT2D eigenvalue weighted by atomic mass is 16.1. The highest BCUT2D eigenvalue weighted by Crippen LogP contribution is 2.35. The van der Waals surface area contributed by atoms with E-state index in [1.165, 1.54) is 6.42 Å². The van der Waals surface area contributed by atoms with Gasteiger partial charge in [0, 0.05) is 30.4 Å². The van der Waals surface area contributed by atoms with E-state index in [4.69, 9.17) is 5.73 Å². The molecule has 3 N–H and O–H groups in total. The van der Waals surface area contributed by atoms with E-state index in [1.807, 2.05) is 48.5 Å². The minimum atomic E-state index is -0.395. The van der Waals surface area contributed by atoms with Crippen LogP contribution in [0.5, 0.6) is 0 Å². The zero-order valence-corrected chi connectivity index (χ0v) is 14.6. The Balaban J connectivity index is 1.80. The van der Waals surface area contributed by atoms with Gasteiger partial charge < -0.3 is 16.0 Å². The molecule has 5 heteroatoms. The third-order valence-corrected chi connectivity index (χ3v) is 4.89. The summed E-state index contributed by atoms with van der Waals surface area (Å²) in [5.41, 5.74) is 9.94. The summed E-state index contributed by atoms with van der Waals surface area (Å²) in [6, 6.07) is 15.7. The number of anilines is 3. The fraction of sp³-hybridized carbons (Fsp3) is 0.238. The van der Waals surface area contributed by atoms with Crippen LogP contribution in [0, 0.1) is 0 Å². The fourth-order valence-corrected chi connectivity index (χ4v) is 3.65. The summed E-state index contributed by atoms with van der Waals surface area (Å²) in [4.78, 5) is 18.7. The van der Waals surface area contributed by atoms with Crippen molar-refractivity contribution < 1.29 is 4.79 Å². The lowest BCUT2D eigenvalue weighted by atomic mass is 10.0. The van der Waals surface area contributed by atoms with Crippen molar-refractivity contribution in [3.05, 3.63) is 60.3 Å². The lowest BCUT2D eigenvalue weighted by Crippen LogP contribution is -2.32. The van der Waals surface area contributed by atoms with Crippen LogP contribution in [0.2, 0.25) is 0 Å². The van der Waals surface area contributed by atoms with Crippen LogP contribution in [0.3, 0.4) is 0 Å². The van der Waals surface area contributed by atoms with Gasteiger partial charge in [0.05, 0.1) is 22.5 Å². The molecule has 3 aromatic rings. The molecule has 26 heavy (non-hydrogen) atoms. The number of rotatable bonds is 4. The van der Waals surface area contributed by atoms with Gasteiger partial charge in [-0.25, -0.2) is 0 Å². The third kappa shape index (κ3) is 3.08. The molecule has 2 heterocycles. The van der Waals surface area contributed by atoms with Gasteiger partial charge >= 0.3 is 0 Å². The van der Waals surface area contributed by atoms with Gasteiger partial charge in [0.25, 0.3) is 5.91 Å². The predicted octanol–water partition coefficient (Wildman–Crippen LogP) is 4.07. The summed E-state index contributed by atoms with van der Waals surface area (Å²) in [6.07, 6.45) is 5.28. The molecule has 132 valence electrons. The molecule has 4 rings (SSSR count). The number of aromatic nitrogens is 1. The SMILES string of the molecule is NC(=O)c1cccc(Nc2ccnc3ccccc23)c1N1CCCCC1. The number of amides is 1. The van der Waals surface area contributed by atoms with Gasteiger partial charge in [0.2, 0.25) is 0 Å². The molecule has 5 nitrogen and oxygen atoms in total. The number of piperidine rings is 1. The van der Waals surface area contributed by atoms with Crippen LogP contribution in [0.15, 0.2) is 54.7 Å². The number of benzene rings is 2. The molecule has 0 bridgehead atoms. The minimum absolute atomic E-state index is 0.395. The van der Waals surface area contributed by atoms with E-state index >= 15 is 0 Å². The number of nitrogens with one attached hydrogen (secondary N) is 1. The molecule has 0 saturated carbocycles. The predicted molar refractivity (Wildman–Crippen MR) is 106 cm³/mol. The van der Waals surface area contributed by atoms with Crippen LogP contribution in [0.1, 0.15) is 29.6 Å². The van der Waals surface area contributed by atoms with Gasteiger partial charge in [-0.3, -0.25) is 9.78 Å². The molecule has 0 unspecified atom stereocenters. The zero-order valence-electron chi connectivity index (χ0n) is 14.6. The molecule has 0 spiro atoms. The van der Waals surface area contributed by atoms with E-state index in [2.05, 4.69) is 15.2 Å². The summed E-state index contributed by atoms with van der Waals surface area (Å²) in [6.45, 7) is 1.88. The second kappa shape index (κ2) is 7.04. The summed E-state index contributed by atoms with van der Waals surface area (Å²) >= 11 is 0. The van der Waals surface area contributed by atoms with Crippen molar-refractivity contribution in [1.29, 1.82) is 0 Å². The monoisotopic (exact) mass is 346 g/mol. The molecule has 0 aliphatic carbocycles. The van der Waals surface area contributed by atoms with Crippen molar-refractivity contribution in [2.45, 2.75) is 19.3 Å². The standard InChI is InChI=1S/C21H22N4O/c22-21(26)16-8-6-10-19(20(16)25-13-4-1-5-14-25)24-18-11-12-23-17-9-3-2-7-15(17)18/h2-3,6-12H,1,4-5,13-14H2,(H2,22,26)(H,23,24). The van der Waals surface area contributed by atoms with Crippen LogP contribution in [-0.2, 0) is 0 Å². The maximum atomic E-state index is 12.0. The molecule has 0 atom stereocenters. The van der Waals surface area contributed by atoms with Gasteiger partial charge in [0.1, 0.15) is 0 Å². The largest absolute Gasteiger partial charge is 0.369 e. The van der Waals surface area contributed by atoms with Crippen LogP contribution in [0.4, 0.5) is 17.1 Å². The Bertz CT molecular complexity index is 942. The van der Waals surface area contributed by atoms with Gasteiger partial charge in [-0.15, -0.1) is 0 Å².